The SMILES string of the molecule is c1cc2ccc(C3=C(c4ccc5cccc-5cc4)C(c4ccc5cccc-5cc4)=C3c3ccc4cccc-4cc3)ccc-2c1. The average Bonchev–Trinajstić information content (AvgIpc) is 3.79. The highest BCUT2D eigenvalue weighted by Gasteiger charge is 2.33. The number of hydrogen-bond donors (Lipinski definition) is 0. The summed E-state index contributed by atoms with van der Waals surface area (Å²) in [6.07, 6.45) is 0. The molecule has 0 aromatic carbocycles. The molecule has 0 aliphatic heterocycles. The third-order valence-corrected chi connectivity index (χ3v) is 9.23. The first-order chi connectivity index (χ1) is 21.8. The molecule has 0 heterocycles. The van der Waals surface area contributed by atoms with Gasteiger partial charge in [-0.3, -0.25) is 0 Å². The fourth-order valence-electron chi connectivity index (χ4n) is 6.92. The molecule has 0 amide bonds. The molecule has 0 aromatic heterocycles. The summed E-state index contributed by atoms with van der Waals surface area (Å²) in [6, 6.07) is 62.5. The van der Waals surface area contributed by atoms with Crippen LogP contribution >= 0.6 is 0 Å². The van der Waals surface area contributed by atoms with E-state index in [1.165, 1.54) is 89.1 Å². The van der Waals surface area contributed by atoms with Crippen molar-refractivity contribution in [1.29, 1.82) is 0 Å². The maximum absolute atomic E-state index is 2.30. The Morgan fingerprint density at radius 1 is 0.136 bits per heavy atom. The largest absolute Gasteiger partial charge is 0.0610 e. The van der Waals surface area contributed by atoms with Gasteiger partial charge < -0.3 is 0 Å². The molecule has 0 saturated heterocycles. The highest BCUT2D eigenvalue weighted by Crippen LogP contribution is 2.56. The lowest BCUT2D eigenvalue weighted by Crippen LogP contribution is -2.09. The molecule has 9 aliphatic carbocycles. The van der Waals surface area contributed by atoms with Crippen molar-refractivity contribution in [2.24, 2.45) is 0 Å². The molecule has 0 N–H and O–H groups in total. The fourth-order valence-corrected chi connectivity index (χ4v) is 6.92. The van der Waals surface area contributed by atoms with Crippen LogP contribution in [0.15, 0.2) is 170 Å². The molecule has 0 unspecified atom stereocenters. The fraction of sp³-hybridized carbons (Fsp3) is 0. The lowest BCUT2D eigenvalue weighted by atomic mass is 9.70. The van der Waals surface area contributed by atoms with E-state index in [0.29, 0.717) is 0 Å². The van der Waals surface area contributed by atoms with Crippen LogP contribution in [0.4, 0.5) is 0 Å². The molecule has 204 valence electrons. The Kier molecular flexibility index (Phi) is 5.61. The molecule has 0 nitrogen and oxygen atoms in total. The Morgan fingerprint density at radius 2 is 0.273 bits per heavy atom. The molecule has 0 heteroatoms. The van der Waals surface area contributed by atoms with Crippen molar-refractivity contribution in [3.8, 4) is 44.5 Å². The predicted molar refractivity (Wildman–Crippen MR) is 186 cm³/mol. The molecular formula is C44H28. The van der Waals surface area contributed by atoms with Crippen molar-refractivity contribution < 1.29 is 0 Å². The van der Waals surface area contributed by atoms with Crippen LogP contribution in [-0.2, 0) is 0 Å². The van der Waals surface area contributed by atoms with Gasteiger partial charge in [0.1, 0.15) is 0 Å². The topological polar surface area (TPSA) is 0 Å². The standard InChI is InChI=1S/C44H28/c1-5-29-13-21-37(22-14-30(29)6-1)41-42(38-23-15-31-7-2-8-32(31)16-24-38)44(40-27-19-35-11-4-12-36(35)20-28-40)43(41)39-25-17-33-9-3-10-34(33)18-26-39/h1-28H. The third-order valence-electron chi connectivity index (χ3n) is 9.23. The second-order valence-electron chi connectivity index (χ2n) is 11.7. The van der Waals surface area contributed by atoms with Crippen LogP contribution in [0.1, 0.15) is 22.3 Å². The van der Waals surface area contributed by atoms with Gasteiger partial charge >= 0.3 is 0 Å². The molecule has 0 fully saturated rings. The monoisotopic (exact) mass is 556 g/mol. The van der Waals surface area contributed by atoms with Crippen LogP contribution in [0.3, 0.4) is 0 Å². The molecule has 0 atom stereocenters. The van der Waals surface area contributed by atoms with Crippen molar-refractivity contribution in [3.63, 3.8) is 0 Å². The summed E-state index contributed by atoms with van der Waals surface area (Å²) in [7, 11) is 0. The number of hydrogen-bond acceptors (Lipinski definition) is 0. The Morgan fingerprint density at radius 3 is 0.432 bits per heavy atom. The first-order valence-electron chi connectivity index (χ1n) is 15.3. The summed E-state index contributed by atoms with van der Waals surface area (Å²) in [4.78, 5) is 0. The molecule has 0 saturated carbocycles. The second-order valence-corrected chi connectivity index (χ2v) is 11.7. The minimum Gasteiger partial charge on any atom is -0.0610 e. The molecule has 9 rings (SSSR count). The molecule has 9 aliphatic rings. The zero-order valence-corrected chi connectivity index (χ0v) is 24.2. The lowest BCUT2D eigenvalue weighted by molar-refractivity contribution is 1.56. The molecule has 0 radical (unpaired) electrons. The summed E-state index contributed by atoms with van der Waals surface area (Å²) in [5, 5.41) is 0. The van der Waals surface area contributed by atoms with E-state index in [4.69, 9.17) is 0 Å². The average molecular weight is 557 g/mol. The highest BCUT2D eigenvalue weighted by molar-refractivity contribution is 6.43. The number of fused-ring (bicyclic) bond motifs is 4. The molecule has 0 bridgehead atoms. The van der Waals surface area contributed by atoms with Crippen LogP contribution in [0.5, 0.6) is 0 Å². The van der Waals surface area contributed by atoms with Gasteiger partial charge in [-0.1, -0.05) is 170 Å². The summed E-state index contributed by atoms with van der Waals surface area (Å²) in [5.74, 6) is 0. The van der Waals surface area contributed by atoms with Crippen LogP contribution in [0, 0.1) is 0 Å². The third kappa shape index (κ3) is 4.00. The molecule has 0 aromatic rings. The van der Waals surface area contributed by atoms with E-state index in [9.17, 15) is 0 Å². The van der Waals surface area contributed by atoms with Gasteiger partial charge in [-0.05, 0) is 89.1 Å². The van der Waals surface area contributed by atoms with Crippen molar-refractivity contribution in [1.82, 2.24) is 0 Å². The van der Waals surface area contributed by atoms with E-state index < -0.39 is 0 Å². The Labute approximate surface area is 258 Å². The smallest absolute Gasteiger partial charge is 0.00139 e. The predicted octanol–water partition coefficient (Wildman–Crippen LogP) is 11.6. The minimum atomic E-state index is 1.23. The van der Waals surface area contributed by atoms with Gasteiger partial charge in [-0.2, -0.15) is 0 Å². The van der Waals surface area contributed by atoms with Crippen molar-refractivity contribution in [2.45, 2.75) is 0 Å². The molecule has 0 spiro atoms. The molecule has 44 heavy (non-hydrogen) atoms. The van der Waals surface area contributed by atoms with Crippen LogP contribution in [0.25, 0.3) is 66.8 Å². The minimum absolute atomic E-state index is 1.23. The lowest BCUT2D eigenvalue weighted by Gasteiger charge is -2.32. The van der Waals surface area contributed by atoms with E-state index in [-0.39, 0.29) is 0 Å². The van der Waals surface area contributed by atoms with Gasteiger partial charge in [-0.15, -0.1) is 0 Å². The molecular weight excluding hydrogens is 528 g/mol. The van der Waals surface area contributed by atoms with Crippen molar-refractivity contribution in [2.75, 3.05) is 0 Å². The van der Waals surface area contributed by atoms with Gasteiger partial charge in [0.05, 0.1) is 0 Å². The zero-order valence-electron chi connectivity index (χ0n) is 24.2. The maximum Gasteiger partial charge on any atom is -0.00139 e. The van der Waals surface area contributed by atoms with Gasteiger partial charge in [0.2, 0.25) is 0 Å². The quantitative estimate of drug-likeness (QED) is 0.202. The van der Waals surface area contributed by atoms with Gasteiger partial charge in [-0.25, -0.2) is 0 Å². The Bertz CT molecular complexity index is 1820. The van der Waals surface area contributed by atoms with Crippen LogP contribution in [-0.4, -0.2) is 0 Å². The summed E-state index contributed by atoms with van der Waals surface area (Å²) in [5.41, 5.74) is 20.1. The number of allylic oxidation sites excluding steroid dienone is 4. The first kappa shape index (κ1) is 24.8. The Hall–Kier alpha value is -5.72. The van der Waals surface area contributed by atoms with E-state index >= 15 is 0 Å². The van der Waals surface area contributed by atoms with Crippen molar-refractivity contribution >= 4 is 22.3 Å². The van der Waals surface area contributed by atoms with Crippen LogP contribution in [0.2, 0.25) is 0 Å². The zero-order chi connectivity index (χ0) is 29.0. The maximum atomic E-state index is 2.30. The van der Waals surface area contributed by atoms with Crippen molar-refractivity contribution in [3.05, 3.63) is 192 Å². The Balaban J connectivity index is 1.35. The highest BCUT2D eigenvalue weighted by atomic mass is 14.4. The summed E-state index contributed by atoms with van der Waals surface area (Å²) < 4.78 is 0. The van der Waals surface area contributed by atoms with Gasteiger partial charge in [0.25, 0.3) is 0 Å². The van der Waals surface area contributed by atoms with E-state index in [1.807, 2.05) is 0 Å². The van der Waals surface area contributed by atoms with E-state index in [1.54, 1.807) is 0 Å². The van der Waals surface area contributed by atoms with Gasteiger partial charge in [0.15, 0.2) is 0 Å². The normalized spacial score (nSPS) is 13.3. The van der Waals surface area contributed by atoms with E-state index in [0.717, 1.165) is 0 Å². The number of rotatable bonds is 4. The first-order valence-corrected chi connectivity index (χ1v) is 15.3. The second kappa shape index (κ2) is 9.93. The summed E-state index contributed by atoms with van der Waals surface area (Å²) in [6.45, 7) is 0. The summed E-state index contributed by atoms with van der Waals surface area (Å²) >= 11 is 0. The van der Waals surface area contributed by atoms with Crippen LogP contribution < -0.4 is 0 Å². The van der Waals surface area contributed by atoms with E-state index in [2.05, 4.69) is 170 Å². The van der Waals surface area contributed by atoms with Gasteiger partial charge in [0, 0.05) is 0 Å².